The molecule has 1 aromatic carbocycles. The summed E-state index contributed by atoms with van der Waals surface area (Å²) in [6.07, 6.45) is 3.94. The summed E-state index contributed by atoms with van der Waals surface area (Å²) in [5.41, 5.74) is 3.23. The summed E-state index contributed by atoms with van der Waals surface area (Å²) in [6.45, 7) is 0. The van der Waals surface area contributed by atoms with Gasteiger partial charge in [0.25, 0.3) is 0 Å². The molecule has 0 aliphatic heterocycles. The van der Waals surface area contributed by atoms with Crippen molar-refractivity contribution in [3.8, 4) is 0 Å². The van der Waals surface area contributed by atoms with Gasteiger partial charge in [0, 0.05) is 19.4 Å². The largest absolute Gasteiger partial charge is 0.331 e. The van der Waals surface area contributed by atoms with Crippen molar-refractivity contribution < 1.29 is 4.79 Å². The third kappa shape index (κ3) is 1.43. The van der Waals surface area contributed by atoms with Gasteiger partial charge >= 0.3 is 0 Å². The average Bonchev–Trinajstić information content (AvgIpc) is 3.06. The second-order valence-electron chi connectivity index (χ2n) is 4.50. The van der Waals surface area contributed by atoms with E-state index in [0.29, 0.717) is 12.3 Å². The highest BCUT2D eigenvalue weighted by atomic mass is 16.1. The van der Waals surface area contributed by atoms with Crippen LogP contribution in [0.1, 0.15) is 30.1 Å². The number of hydrogen-bond acceptors (Lipinski definition) is 2. The van der Waals surface area contributed by atoms with Gasteiger partial charge in [-0.25, -0.2) is 4.98 Å². The smallest absolute Gasteiger partial charge is 0.124 e. The van der Waals surface area contributed by atoms with E-state index in [9.17, 15) is 4.79 Å². The molecule has 0 radical (unpaired) electrons. The molecule has 82 valence electrons. The van der Waals surface area contributed by atoms with Crippen molar-refractivity contribution >= 4 is 17.3 Å². The lowest BCUT2D eigenvalue weighted by atomic mass is 10.1. The third-order valence-corrected chi connectivity index (χ3v) is 3.24. The molecule has 16 heavy (non-hydrogen) atoms. The van der Waals surface area contributed by atoms with Crippen LogP contribution in [-0.4, -0.2) is 15.8 Å². The Hall–Kier alpha value is -1.64. The Bertz CT molecular complexity index is 552. The molecule has 1 aliphatic rings. The van der Waals surface area contributed by atoms with Gasteiger partial charge in [-0.05, 0) is 30.5 Å². The molecule has 1 saturated carbocycles. The maximum Gasteiger partial charge on any atom is 0.124 e. The lowest BCUT2D eigenvalue weighted by Crippen LogP contribution is -1.94. The molecule has 1 fully saturated rings. The molecule has 3 heteroatoms. The molecular weight excluding hydrogens is 200 g/mol. The zero-order chi connectivity index (χ0) is 11.1. The zero-order valence-corrected chi connectivity index (χ0v) is 9.31. The van der Waals surface area contributed by atoms with Crippen LogP contribution in [0.5, 0.6) is 0 Å². The molecule has 1 aromatic heterocycles. The van der Waals surface area contributed by atoms with Crippen LogP contribution < -0.4 is 0 Å². The quantitative estimate of drug-likeness (QED) is 0.734. The van der Waals surface area contributed by atoms with Crippen LogP contribution in [0.25, 0.3) is 11.0 Å². The van der Waals surface area contributed by atoms with E-state index in [1.807, 2.05) is 12.1 Å². The van der Waals surface area contributed by atoms with Crippen molar-refractivity contribution in [1.82, 2.24) is 9.55 Å². The van der Waals surface area contributed by atoms with Crippen molar-refractivity contribution in [2.45, 2.75) is 25.2 Å². The van der Waals surface area contributed by atoms with Crippen LogP contribution in [0.3, 0.4) is 0 Å². The lowest BCUT2D eigenvalue weighted by Gasteiger charge is -1.99. The number of imidazole rings is 1. The van der Waals surface area contributed by atoms with Crippen LogP contribution in [0.2, 0.25) is 0 Å². The van der Waals surface area contributed by atoms with Crippen LogP contribution in [0, 0.1) is 0 Å². The summed E-state index contributed by atoms with van der Waals surface area (Å²) < 4.78 is 2.18. The summed E-state index contributed by atoms with van der Waals surface area (Å²) >= 11 is 0. The minimum absolute atomic E-state index is 0.477. The van der Waals surface area contributed by atoms with E-state index in [-0.39, 0.29) is 0 Å². The number of rotatable bonds is 3. The Morgan fingerprint density at radius 2 is 2.31 bits per heavy atom. The van der Waals surface area contributed by atoms with Crippen LogP contribution in [-0.2, 0) is 18.3 Å². The maximum atomic E-state index is 10.5. The van der Waals surface area contributed by atoms with Gasteiger partial charge in [0.05, 0.1) is 11.0 Å². The number of aryl methyl sites for hydroxylation is 1. The summed E-state index contributed by atoms with van der Waals surface area (Å²) in [5.74, 6) is 1.85. The van der Waals surface area contributed by atoms with Crippen molar-refractivity contribution in [2.75, 3.05) is 0 Å². The Balaban J connectivity index is 2.13. The van der Waals surface area contributed by atoms with E-state index in [0.717, 1.165) is 22.9 Å². The summed E-state index contributed by atoms with van der Waals surface area (Å²) in [5, 5.41) is 0. The van der Waals surface area contributed by atoms with Gasteiger partial charge in [-0.2, -0.15) is 0 Å². The zero-order valence-electron chi connectivity index (χ0n) is 9.31. The van der Waals surface area contributed by atoms with E-state index in [1.54, 1.807) is 0 Å². The molecule has 1 aliphatic carbocycles. The summed E-state index contributed by atoms with van der Waals surface area (Å²) in [6, 6.07) is 6.09. The molecule has 1 heterocycles. The van der Waals surface area contributed by atoms with Gasteiger partial charge in [-0.3, -0.25) is 0 Å². The van der Waals surface area contributed by atoms with Gasteiger partial charge in [0.1, 0.15) is 12.1 Å². The first-order chi connectivity index (χ1) is 7.79. The van der Waals surface area contributed by atoms with Crippen molar-refractivity contribution in [3.63, 3.8) is 0 Å². The highest BCUT2D eigenvalue weighted by molar-refractivity contribution is 5.78. The molecule has 3 rings (SSSR count). The molecule has 0 bridgehead atoms. The highest BCUT2D eigenvalue weighted by Gasteiger charge is 2.28. The average molecular weight is 214 g/mol. The molecule has 3 nitrogen and oxygen atoms in total. The van der Waals surface area contributed by atoms with E-state index in [2.05, 4.69) is 22.7 Å². The third-order valence-electron chi connectivity index (χ3n) is 3.24. The lowest BCUT2D eigenvalue weighted by molar-refractivity contribution is -0.107. The van der Waals surface area contributed by atoms with Gasteiger partial charge in [0.15, 0.2) is 0 Å². The molecule has 0 spiro atoms. The molecular formula is C13H14N2O. The van der Waals surface area contributed by atoms with E-state index in [4.69, 9.17) is 0 Å². The Morgan fingerprint density at radius 3 is 3.00 bits per heavy atom. The fraction of sp³-hybridized carbons (Fsp3) is 0.385. The number of benzene rings is 1. The number of nitrogens with zero attached hydrogens (tertiary/aromatic N) is 2. The fourth-order valence-electron chi connectivity index (χ4n) is 2.19. The van der Waals surface area contributed by atoms with Gasteiger partial charge < -0.3 is 9.36 Å². The minimum Gasteiger partial charge on any atom is -0.331 e. The predicted molar refractivity (Wildman–Crippen MR) is 62.5 cm³/mol. The van der Waals surface area contributed by atoms with Gasteiger partial charge in [0.2, 0.25) is 0 Å². The SMILES string of the molecule is Cn1c(C2CC2)nc2cc(CC=O)ccc21. The van der Waals surface area contributed by atoms with E-state index in [1.165, 1.54) is 18.7 Å². The standard InChI is InChI=1S/C13H14N2O/c1-15-12-5-2-9(6-7-16)8-11(12)14-13(15)10-3-4-10/h2,5,7-8,10H,3-4,6H2,1H3. The van der Waals surface area contributed by atoms with Crippen molar-refractivity contribution in [3.05, 3.63) is 29.6 Å². The molecule has 2 aromatic rings. The Labute approximate surface area is 94.1 Å². The molecule has 0 saturated heterocycles. The maximum absolute atomic E-state index is 10.5. The Kier molecular flexibility index (Phi) is 2.06. The Morgan fingerprint density at radius 1 is 1.50 bits per heavy atom. The second kappa shape index (κ2) is 3.44. The number of carbonyl (C=O) groups excluding carboxylic acids is 1. The minimum atomic E-state index is 0.477. The first-order valence-electron chi connectivity index (χ1n) is 5.68. The monoisotopic (exact) mass is 214 g/mol. The number of aldehydes is 1. The molecule has 0 N–H and O–H groups in total. The number of fused-ring (bicyclic) bond motifs is 1. The highest BCUT2D eigenvalue weighted by Crippen LogP contribution is 2.40. The van der Waals surface area contributed by atoms with Crippen LogP contribution in [0.4, 0.5) is 0 Å². The summed E-state index contributed by atoms with van der Waals surface area (Å²) in [4.78, 5) is 15.1. The molecule has 0 amide bonds. The first kappa shape index (κ1) is 9.58. The normalized spacial score (nSPS) is 15.6. The molecule has 0 atom stereocenters. The van der Waals surface area contributed by atoms with E-state index >= 15 is 0 Å². The number of aromatic nitrogens is 2. The second-order valence-corrected chi connectivity index (χ2v) is 4.50. The van der Waals surface area contributed by atoms with Crippen molar-refractivity contribution in [2.24, 2.45) is 7.05 Å². The van der Waals surface area contributed by atoms with Gasteiger partial charge in [-0.15, -0.1) is 0 Å². The van der Waals surface area contributed by atoms with Crippen LogP contribution >= 0.6 is 0 Å². The predicted octanol–water partition coefficient (Wildman–Crippen LogP) is 2.19. The van der Waals surface area contributed by atoms with Crippen molar-refractivity contribution in [1.29, 1.82) is 0 Å². The topological polar surface area (TPSA) is 34.9 Å². The molecule has 0 unspecified atom stereocenters. The fourth-order valence-corrected chi connectivity index (χ4v) is 2.19. The summed E-state index contributed by atoms with van der Waals surface area (Å²) in [7, 11) is 2.07. The number of hydrogen-bond donors (Lipinski definition) is 0. The first-order valence-corrected chi connectivity index (χ1v) is 5.68. The van der Waals surface area contributed by atoms with E-state index < -0.39 is 0 Å². The number of carbonyl (C=O) groups is 1. The van der Waals surface area contributed by atoms with Gasteiger partial charge in [-0.1, -0.05) is 6.07 Å². The van der Waals surface area contributed by atoms with Crippen LogP contribution in [0.15, 0.2) is 18.2 Å².